The molecule has 156 valence electrons. The van der Waals surface area contributed by atoms with Crippen LogP contribution in [0.2, 0.25) is 0 Å². The van der Waals surface area contributed by atoms with Crippen molar-refractivity contribution in [3.63, 3.8) is 0 Å². The summed E-state index contributed by atoms with van der Waals surface area (Å²) in [7, 11) is 0. The van der Waals surface area contributed by atoms with Gasteiger partial charge in [-0.25, -0.2) is 4.98 Å². The molecule has 1 saturated heterocycles. The van der Waals surface area contributed by atoms with Crippen molar-refractivity contribution < 1.29 is 14.6 Å². The molecule has 1 aliphatic rings. The number of rotatable bonds is 5. The minimum Gasteiger partial charge on any atom is -0.493 e. The number of hydrogen-bond acceptors (Lipinski definition) is 6. The van der Waals surface area contributed by atoms with Gasteiger partial charge in [0.2, 0.25) is 5.88 Å². The molecule has 30 heavy (non-hydrogen) atoms. The number of pyridine rings is 2. The van der Waals surface area contributed by atoms with Gasteiger partial charge in [-0.15, -0.1) is 0 Å². The molecule has 3 aromatic heterocycles. The summed E-state index contributed by atoms with van der Waals surface area (Å²) in [5, 5.41) is 17.9. The maximum absolute atomic E-state index is 12.4. The minimum atomic E-state index is -0.159. The maximum Gasteiger partial charge on any atom is 0.252 e. The van der Waals surface area contributed by atoms with E-state index in [4.69, 9.17) is 4.74 Å². The van der Waals surface area contributed by atoms with Crippen molar-refractivity contribution in [2.45, 2.75) is 26.7 Å². The van der Waals surface area contributed by atoms with Crippen molar-refractivity contribution in [3.8, 4) is 22.8 Å². The van der Waals surface area contributed by atoms with E-state index in [1.807, 2.05) is 26.0 Å². The first-order valence-corrected chi connectivity index (χ1v) is 10.1. The zero-order valence-electron chi connectivity index (χ0n) is 17.1. The Morgan fingerprint density at radius 2 is 1.93 bits per heavy atom. The lowest BCUT2D eigenvalue weighted by Crippen LogP contribution is -2.32. The van der Waals surface area contributed by atoms with Crippen molar-refractivity contribution in [2.24, 2.45) is 5.92 Å². The molecule has 0 saturated carbocycles. The van der Waals surface area contributed by atoms with E-state index in [1.54, 1.807) is 18.3 Å². The molecule has 1 amide bonds. The van der Waals surface area contributed by atoms with Crippen LogP contribution in [0.3, 0.4) is 0 Å². The van der Waals surface area contributed by atoms with Crippen molar-refractivity contribution in [1.29, 1.82) is 0 Å². The number of aromatic nitrogens is 4. The third-order valence-corrected chi connectivity index (χ3v) is 5.26. The quantitative estimate of drug-likeness (QED) is 0.674. The average molecular weight is 407 g/mol. The van der Waals surface area contributed by atoms with Crippen molar-refractivity contribution in [3.05, 3.63) is 53.6 Å². The van der Waals surface area contributed by atoms with Gasteiger partial charge in [0.15, 0.2) is 5.82 Å². The zero-order chi connectivity index (χ0) is 21.1. The number of carbonyl (C=O) groups is 1. The second-order valence-electron chi connectivity index (χ2n) is 7.60. The van der Waals surface area contributed by atoms with Crippen molar-refractivity contribution in [1.82, 2.24) is 25.1 Å². The molecule has 0 aromatic carbocycles. The van der Waals surface area contributed by atoms with Gasteiger partial charge in [-0.3, -0.25) is 9.78 Å². The molecular formula is C22H25N5O3. The molecular weight excluding hydrogens is 382 g/mol. The van der Waals surface area contributed by atoms with Crippen molar-refractivity contribution in [2.75, 3.05) is 19.8 Å². The third kappa shape index (κ3) is 4.33. The third-order valence-electron chi connectivity index (χ3n) is 5.26. The summed E-state index contributed by atoms with van der Waals surface area (Å²) in [4.78, 5) is 21.1. The number of nitrogens with one attached hydrogen (secondary N) is 1. The molecule has 4 rings (SSSR count). The Balaban J connectivity index is 1.47. The van der Waals surface area contributed by atoms with Gasteiger partial charge in [0.1, 0.15) is 0 Å². The summed E-state index contributed by atoms with van der Waals surface area (Å²) in [6.45, 7) is 5.96. The van der Waals surface area contributed by atoms with Crippen LogP contribution in [-0.4, -0.2) is 50.5 Å². The summed E-state index contributed by atoms with van der Waals surface area (Å²) < 4.78 is 6.69. The second kappa shape index (κ2) is 8.62. The van der Waals surface area contributed by atoms with Gasteiger partial charge in [0, 0.05) is 37.3 Å². The smallest absolute Gasteiger partial charge is 0.252 e. The van der Waals surface area contributed by atoms with Crippen LogP contribution in [0.15, 0.2) is 36.7 Å². The van der Waals surface area contributed by atoms with Gasteiger partial charge < -0.3 is 15.2 Å². The Morgan fingerprint density at radius 3 is 2.60 bits per heavy atom. The fourth-order valence-electron chi connectivity index (χ4n) is 3.64. The molecule has 4 heterocycles. The van der Waals surface area contributed by atoms with Crippen molar-refractivity contribution >= 4 is 5.91 Å². The Kier molecular flexibility index (Phi) is 5.76. The monoisotopic (exact) mass is 407 g/mol. The van der Waals surface area contributed by atoms with Gasteiger partial charge >= 0.3 is 0 Å². The maximum atomic E-state index is 12.4. The number of hydrogen-bond donors (Lipinski definition) is 2. The molecule has 0 unspecified atom stereocenters. The van der Waals surface area contributed by atoms with Crippen LogP contribution in [0.4, 0.5) is 0 Å². The van der Waals surface area contributed by atoms with E-state index in [2.05, 4.69) is 20.4 Å². The predicted octanol–water partition coefficient (Wildman–Crippen LogP) is 2.81. The van der Waals surface area contributed by atoms with E-state index in [1.165, 1.54) is 10.9 Å². The fraction of sp³-hybridized carbons (Fsp3) is 0.364. The summed E-state index contributed by atoms with van der Waals surface area (Å²) >= 11 is 0. The summed E-state index contributed by atoms with van der Waals surface area (Å²) in [6, 6.07) is 7.15. The van der Waals surface area contributed by atoms with Crippen LogP contribution < -0.4 is 5.32 Å². The number of amides is 1. The van der Waals surface area contributed by atoms with Gasteiger partial charge in [0.05, 0.1) is 17.3 Å². The lowest BCUT2D eigenvalue weighted by atomic mass is 10.0. The van der Waals surface area contributed by atoms with Gasteiger partial charge in [-0.05, 0) is 62.4 Å². The molecule has 8 nitrogen and oxygen atoms in total. The number of aromatic hydroxyl groups is 1. The average Bonchev–Trinajstić information content (AvgIpc) is 3.13. The number of nitrogens with zero attached hydrogens (tertiary/aromatic N) is 4. The summed E-state index contributed by atoms with van der Waals surface area (Å²) in [6.07, 6.45) is 5.03. The normalized spacial score (nSPS) is 14.6. The van der Waals surface area contributed by atoms with Gasteiger partial charge in [-0.2, -0.15) is 9.78 Å². The Hall–Kier alpha value is -3.26. The molecule has 0 spiro atoms. The topological polar surface area (TPSA) is 102 Å². The van der Waals surface area contributed by atoms with E-state index in [-0.39, 0.29) is 11.8 Å². The second-order valence-corrected chi connectivity index (χ2v) is 7.60. The molecule has 1 fully saturated rings. The van der Waals surface area contributed by atoms with Crippen LogP contribution in [0.25, 0.3) is 16.9 Å². The van der Waals surface area contributed by atoms with Crippen LogP contribution in [-0.2, 0) is 4.74 Å². The molecule has 8 heteroatoms. The molecule has 0 atom stereocenters. The molecule has 1 aliphatic heterocycles. The number of aryl methyl sites for hydroxylation is 2. The Labute approximate surface area is 174 Å². The van der Waals surface area contributed by atoms with E-state index >= 15 is 0 Å². The van der Waals surface area contributed by atoms with Crippen LogP contribution in [0.5, 0.6) is 5.88 Å². The summed E-state index contributed by atoms with van der Waals surface area (Å²) in [5.41, 5.74) is 3.65. The highest BCUT2D eigenvalue weighted by Gasteiger charge is 2.17. The molecule has 3 aromatic rings. The highest BCUT2D eigenvalue weighted by molar-refractivity contribution is 5.93. The first-order chi connectivity index (χ1) is 14.5. The van der Waals surface area contributed by atoms with E-state index in [0.29, 0.717) is 29.4 Å². The van der Waals surface area contributed by atoms with E-state index < -0.39 is 0 Å². The van der Waals surface area contributed by atoms with Crippen LogP contribution in [0, 0.1) is 19.8 Å². The number of carbonyl (C=O) groups excluding carboxylic acids is 1. The van der Waals surface area contributed by atoms with E-state index in [0.717, 1.165) is 43.0 Å². The highest BCUT2D eigenvalue weighted by Crippen LogP contribution is 2.31. The standard InChI is InChI=1S/C22H25N5O3/c1-14-9-18(10-15(2)26-14)19-13-25-27(22(19)29)20-4-3-17(12-23-20)21(28)24-11-16-5-7-30-8-6-16/h3-4,9-10,12-13,16,29H,5-8,11H2,1-2H3,(H,24,28). The van der Waals surface area contributed by atoms with Gasteiger partial charge in [-0.1, -0.05) is 0 Å². The van der Waals surface area contributed by atoms with Crippen LogP contribution in [0.1, 0.15) is 34.6 Å². The Morgan fingerprint density at radius 1 is 1.20 bits per heavy atom. The molecule has 0 bridgehead atoms. The lowest BCUT2D eigenvalue weighted by molar-refractivity contribution is 0.0642. The zero-order valence-corrected chi connectivity index (χ0v) is 17.1. The SMILES string of the molecule is Cc1cc(-c2cnn(-c3ccc(C(=O)NCC4CCOCC4)cn3)c2O)cc(C)n1. The highest BCUT2D eigenvalue weighted by atomic mass is 16.5. The largest absolute Gasteiger partial charge is 0.493 e. The lowest BCUT2D eigenvalue weighted by Gasteiger charge is -2.22. The first-order valence-electron chi connectivity index (χ1n) is 10.1. The fourth-order valence-corrected chi connectivity index (χ4v) is 3.64. The summed E-state index contributed by atoms with van der Waals surface area (Å²) in [5.74, 6) is 0.718. The first kappa shape index (κ1) is 20.0. The molecule has 0 aliphatic carbocycles. The Bertz CT molecular complexity index is 1020. The van der Waals surface area contributed by atoms with E-state index in [9.17, 15) is 9.90 Å². The number of ether oxygens (including phenoxy) is 1. The molecule has 0 radical (unpaired) electrons. The predicted molar refractivity (Wildman–Crippen MR) is 112 cm³/mol. The molecule has 2 N–H and O–H groups in total. The minimum absolute atomic E-state index is 0.00998. The van der Waals surface area contributed by atoms with Gasteiger partial charge in [0.25, 0.3) is 5.91 Å². The van der Waals surface area contributed by atoms with Crippen LogP contribution >= 0.6 is 0 Å².